The molecule has 1 amide bonds. The number of fused-ring (bicyclic) bond motifs is 2. The van der Waals surface area contributed by atoms with E-state index < -0.39 is 6.30 Å². The smallest absolute Gasteiger partial charge is 0.457 e. The van der Waals surface area contributed by atoms with Gasteiger partial charge in [-0.25, -0.2) is 19.9 Å². The Morgan fingerprint density at radius 2 is 1.95 bits per heavy atom. The van der Waals surface area contributed by atoms with Crippen LogP contribution in [0.15, 0.2) is 61.6 Å². The average Bonchev–Trinajstić information content (AvgIpc) is 3.42. The molecule has 1 saturated heterocycles. The zero-order valence-corrected chi connectivity index (χ0v) is 23.1. The topological polar surface area (TPSA) is 127 Å². The fraction of sp³-hybridized carbons (Fsp3) is 0.250. The second-order valence-corrected chi connectivity index (χ2v) is 9.98. The Bertz CT molecular complexity index is 1860. The minimum Gasteiger partial charge on any atom is -0.457 e. The first-order valence-electron chi connectivity index (χ1n) is 13.2. The van der Waals surface area contributed by atoms with Crippen LogP contribution in [0.4, 0.5) is 30.6 Å². The monoisotopic (exact) mass is 590 g/mol. The number of amides is 1. The van der Waals surface area contributed by atoms with Gasteiger partial charge in [-0.05, 0) is 55.8 Å². The third-order valence-electron chi connectivity index (χ3n) is 7.06. The normalized spacial score (nSPS) is 15.6. The minimum absolute atomic E-state index is 0.0392. The SMILES string of the molecule is C=CC(=O)N1CCN(c2ncc3ncnc(Nc4ccc(Oc5ccc6c(c5)nnn6C(F)(F)F)c(C)c4)c3n2)C[C@H]1C. The molecule has 1 atom stereocenters. The molecule has 1 aliphatic rings. The minimum atomic E-state index is -4.67. The molecular weight excluding hydrogens is 565 g/mol. The van der Waals surface area contributed by atoms with Crippen molar-refractivity contribution < 1.29 is 22.7 Å². The van der Waals surface area contributed by atoms with Crippen molar-refractivity contribution in [3.63, 3.8) is 0 Å². The summed E-state index contributed by atoms with van der Waals surface area (Å²) in [5, 5.41) is 10.1. The van der Waals surface area contributed by atoms with E-state index in [1.807, 2.05) is 24.8 Å². The van der Waals surface area contributed by atoms with Gasteiger partial charge >= 0.3 is 6.30 Å². The second kappa shape index (κ2) is 10.8. The zero-order chi connectivity index (χ0) is 30.3. The molecule has 0 saturated carbocycles. The summed E-state index contributed by atoms with van der Waals surface area (Å²) in [7, 11) is 0. The molecule has 1 fully saturated rings. The number of hydrogen-bond donors (Lipinski definition) is 1. The number of rotatable bonds is 6. The summed E-state index contributed by atoms with van der Waals surface area (Å²) in [6.45, 7) is 9.05. The Labute approximate surface area is 242 Å². The third kappa shape index (κ3) is 5.48. The van der Waals surface area contributed by atoms with Gasteiger partial charge in [-0.1, -0.05) is 11.8 Å². The van der Waals surface area contributed by atoms with Gasteiger partial charge in [-0.15, -0.1) is 18.3 Å². The van der Waals surface area contributed by atoms with Crippen LogP contribution in [0.2, 0.25) is 0 Å². The molecule has 0 unspecified atom stereocenters. The standard InChI is InChI=1S/C28H25F3N10O2/c1-4-24(42)40-10-9-39(14-17(40)3)27-32-13-21-25(36-27)26(34-15-33-21)35-18-5-8-23(16(2)11-18)43-19-6-7-22-20(12-19)37-38-41(22)28(29,30)31/h4-8,11-13,15,17H,1,9-10,14H2,2-3H3,(H,33,34,35)/t17-/m1/s1. The highest BCUT2D eigenvalue weighted by Gasteiger charge is 2.34. The van der Waals surface area contributed by atoms with Gasteiger partial charge in [0.05, 0.1) is 11.7 Å². The van der Waals surface area contributed by atoms with Crippen LogP contribution in [0, 0.1) is 6.92 Å². The first-order valence-corrected chi connectivity index (χ1v) is 13.2. The Morgan fingerprint density at radius 3 is 2.70 bits per heavy atom. The van der Waals surface area contributed by atoms with Crippen molar-refractivity contribution in [2.24, 2.45) is 0 Å². The number of aryl methyl sites for hydroxylation is 1. The van der Waals surface area contributed by atoms with Gasteiger partial charge < -0.3 is 19.9 Å². The molecule has 6 rings (SSSR count). The molecular formula is C28H25F3N10O2. The Hall–Kier alpha value is -5.34. The maximum absolute atomic E-state index is 13.1. The van der Waals surface area contributed by atoms with Crippen LogP contribution in [-0.2, 0) is 11.1 Å². The van der Waals surface area contributed by atoms with Crippen LogP contribution in [0.5, 0.6) is 11.5 Å². The number of aromatic nitrogens is 7. The first-order chi connectivity index (χ1) is 20.6. The predicted molar refractivity (Wildman–Crippen MR) is 152 cm³/mol. The number of nitrogens with zero attached hydrogens (tertiary/aromatic N) is 9. The Balaban J connectivity index is 1.20. The van der Waals surface area contributed by atoms with Gasteiger partial charge in [-0.2, -0.15) is 4.68 Å². The molecule has 4 heterocycles. The molecule has 0 radical (unpaired) electrons. The Morgan fingerprint density at radius 1 is 1.12 bits per heavy atom. The average molecular weight is 591 g/mol. The van der Waals surface area contributed by atoms with Crippen molar-refractivity contribution in [3.05, 3.63) is 67.1 Å². The zero-order valence-electron chi connectivity index (χ0n) is 23.1. The molecule has 2 aromatic carbocycles. The van der Waals surface area contributed by atoms with E-state index in [0.717, 1.165) is 5.56 Å². The van der Waals surface area contributed by atoms with Crippen LogP contribution < -0.4 is 15.0 Å². The molecule has 43 heavy (non-hydrogen) atoms. The van der Waals surface area contributed by atoms with Crippen molar-refractivity contribution in [2.45, 2.75) is 26.2 Å². The highest BCUT2D eigenvalue weighted by atomic mass is 19.4. The molecule has 0 spiro atoms. The second-order valence-electron chi connectivity index (χ2n) is 9.98. The van der Waals surface area contributed by atoms with Gasteiger partial charge in [0.25, 0.3) is 0 Å². The lowest BCUT2D eigenvalue weighted by atomic mass is 10.2. The van der Waals surface area contributed by atoms with Crippen LogP contribution in [0.1, 0.15) is 12.5 Å². The van der Waals surface area contributed by atoms with Crippen LogP contribution in [-0.4, -0.2) is 71.4 Å². The molecule has 1 aliphatic heterocycles. The lowest BCUT2D eigenvalue weighted by Gasteiger charge is -2.39. The van der Waals surface area contributed by atoms with E-state index in [9.17, 15) is 18.0 Å². The number of carbonyl (C=O) groups is 1. The number of ether oxygens (including phenoxy) is 1. The number of anilines is 3. The van der Waals surface area contributed by atoms with E-state index in [1.54, 1.807) is 23.2 Å². The van der Waals surface area contributed by atoms with Gasteiger partial charge in [-0.3, -0.25) is 4.79 Å². The number of carbonyl (C=O) groups excluding carboxylic acids is 1. The molecule has 220 valence electrons. The molecule has 0 aliphatic carbocycles. The van der Waals surface area contributed by atoms with Gasteiger partial charge in [0.1, 0.15) is 34.4 Å². The van der Waals surface area contributed by atoms with Gasteiger partial charge in [0.2, 0.25) is 11.9 Å². The molecule has 12 nitrogen and oxygen atoms in total. The number of piperazine rings is 1. The maximum atomic E-state index is 13.1. The lowest BCUT2D eigenvalue weighted by Crippen LogP contribution is -2.54. The van der Waals surface area contributed by atoms with Crippen molar-refractivity contribution in [3.8, 4) is 11.5 Å². The Kier molecular flexibility index (Phi) is 6.99. The number of benzene rings is 2. The van der Waals surface area contributed by atoms with E-state index in [2.05, 4.69) is 37.2 Å². The summed E-state index contributed by atoms with van der Waals surface area (Å²) in [6, 6.07) is 9.43. The number of hydrogen-bond acceptors (Lipinski definition) is 10. The van der Waals surface area contributed by atoms with E-state index >= 15 is 0 Å². The third-order valence-corrected chi connectivity index (χ3v) is 7.06. The van der Waals surface area contributed by atoms with E-state index in [4.69, 9.17) is 9.72 Å². The summed E-state index contributed by atoms with van der Waals surface area (Å²) < 4.78 is 45.1. The summed E-state index contributed by atoms with van der Waals surface area (Å²) in [5.41, 5.74) is 2.45. The summed E-state index contributed by atoms with van der Waals surface area (Å²) >= 11 is 0. The van der Waals surface area contributed by atoms with E-state index in [1.165, 1.54) is 30.6 Å². The number of halogens is 3. The van der Waals surface area contributed by atoms with Crippen LogP contribution >= 0.6 is 0 Å². The highest BCUT2D eigenvalue weighted by Crippen LogP contribution is 2.32. The lowest BCUT2D eigenvalue weighted by molar-refractivity contribution is -0.210. The van der Waals surface area contributed by atoms with Crippen LogP contribution in [0.3, 0.4) is 0 Å². The van der Waals surface area contributed by atoms with Crippen LogP contribution in [0.25, 0.3) is 22.1 Å². The summed E-state index contributed by atoms with van der Waals surface area (Å²) in [4.78, 5) is 33.8. The molecule has 3 aromatic heterocycles. The summed E-state index contributed by atoms with van der Waals surface area (Å²) in [5.74, 6) is 1.71. The fourth-order valence-electron chi connectivity index (χ4n) is 4.93. The van der Waals surface area contributed by atoms with Crippen molar-refractivity contribution in [1.82, 2.24) is 39.8 Å². The summed E-state index contributed by atoms with van der Waals surface area (Å²) in [6.07, 6.45) is -0.282. The largest absolute Gasteiger partial charge is 0.506 e. The molecule has 0 bridgehead atoms. The van der Waals surface area contributed by atoms with Crippen molar-refractivity contribution >= 4 is 45.4 Å². The van der Waals surface area contributed by atoms with E-state index in [-0.39, 0.29) is 27.7 Å². The molecule has 5 aromatic rings. The molecule has 15 heteroatoms. The number of alkyl halides is 3. The fourth-order valence-corrected chi connectivity index (χ4v) is 4.93. The van der Waals surface area contributed by atoms with Crippen molar-refractivity contribution in [2.75, 3.05) is 29.9 Å². The van der Waals surface area contributed by atoms with Gasteiger partial charge in [0.15, 0.2) is 5.82 Å². The quantitative estimate of drug-likeness (QED) is 0.278. The highest BCUT2D eigenvalue weighted by molar-refractivity contribution is 5.88. The van der Waals surface area contributed by atoms with Gasteiger partial charge in [0, 0.05) is 37.4 Å². The first kappa shape index (κ1) is 27.8. The van der Waals surface area contributed by atoms with E-state index in [0.29, 0.717) is 59.6 Å². The molecule has 1 N–H and O–H groups in total. The van der Waals surface area contributed by atoms with Crippen molar-refractivity contribution in [1.29, 1.82) is 0 Å². The predicted octanol–water partition coefficient (Wildman–Crippen LogP) is 4.71. The maximum Gasteiger partial charge on any atom is 0.506 e. The number of nitrogens with one attached hydrogen (secondary N) is 1.